The maximum absolute atomic E-state index is 5.60. The van der Waals surface area contributed by atoms with Crippen LogP contribution in [0.5, 0.6) is 5.75 Å². The summed E-state index contributed by atoms with van der Waals surface area (Å²) in [7, 11) is 0. The first kappa shape index (κ1) is 19.9. The van der Waals surface area contributed by atoms with Gasteiger partial charge in [-0.05, 0) is 63.1 Å². The lowest BCUT2D eigenvalue weighted by Gasteiger charge is -2.11. The Labute approximate surface area is 183 Å². The van der Waals surface area contributed by atoms with Crippen molar-refractivity contribution in [1.82, 2.24) is 9.97 Å². The zero-order valence-corrected chi connectivity index (χ0v) is 19.2. The van der Waals surface area contributed by atoms with Crippen LogP contribution in [0.15, 0.2) is 46.9 Å². The number of fused-ring (bicyclic) bond motifs is 1. The molecule has 4 rings (SSSR count). The van der Waals surface area contributed by atoms with Crippen molar-refractivity contribution >= 4 is 49.0 Å². The summed E-state index contributed by atoms with van der Waals surface area (Å²) in [6.07, 6.45) is 0. The van der Waals surface area contributed by atoms with E-state index in [0.717, 1.165) is 43.3 Å². The molecule has 148 valence electrons. The average molecular weight is 468 g/mol. The SMILES string of the molecule is CCOc1ccc(-c2c(C)sc3nc(C)nc(Nc4ccc(C)c(Br)c4)c23)cc1. The molecule has 0 unspecified atom stereocenters. The van der Waals surface area contributed by atoms with Crippen molar-refractivity contribution in [2.24, 2.45) is 0 Å². The second-order valence-corrected chi connectivity index (χ2v) is 8.94. The van der Waals surface area contributed by atoms with E-state index in [4.69, 9.17) is 14.7 Å². The van der Waals surface area contributed by atoms with Crippen LogP contribution >= 0.6 is 27.3 Å². The molecule has 4 nitrogen and oxygen atoms in total. The maximum Gasteiger partial charge on any atom is 0.143 e. The van der Waals surface area contributed by atoms with Crippen molar-refractivity contribution < 1.29 is 4.74 Å². The Morgan fingerprint density at radius 1 is 1.03 bits per heavy atom. The first-order valence-corrected chi connectivity index (χ1v) is 11.1. The van der Waals surface area contributed by atoms with Crippen molar-refractivity contribution in [1.29, 1.82) is 0 Å². The van der Waals surface area contributed by atoms with E-state index in [-0.39, 0.29) is 0 Å². The molecule has 0 aliphatic carbocycles. The lowest BCUT2D eigenvalue weighted by atomic mass is 10.0. The molecule has 2 aromatic heterocycles. The van der Waals surface area contributed by atoms with Gasteiger partial charge in [-0.2, -0.15) is 0 Å². The van der Waals surface area contributed by atoms with Crippen molar-refractivity contribution in [2.45, 2.75) is 27.7 Å². The van der Waals surface area contributed by atoms with Gasteiger partial charge < -0.3 is 10.1 Å². The highest BCUT2D eigenvalue weighted by Gasteiger charge is 2.18. The predicted molar refractivity (Wildman–Crippen MR) is 126 cm³/mol. The molecule has 0 aliphatic rings. The number of aryl methyl sites for hydroxylation is 3. The second-order valence-electron chi connectivity index (χ2n) is 6.88. The third-order valence-corrected chi connectivity index (χ3v) is 6.58. The van der Waals surface area contributed by atoms with Gasteiger partial charge in [-0.1, -0.05) is 34.1 Å². The molecule has 0 saturated carbocycles. The molecule has 0 bridgehead atoms. The number of rotatable bonds is 5. The number of thiophene rings is 1. The molecule has 2 heterocycles. The summed E-state index contributed by atoms with van der Waals surface area (Å²) in [6, 6.07) is 14.5. The largest absolute Gasteiger partial charge is 0.494 e. The quantitative estimate of drug-likeness (QED) is 0.337. The van der Waals surface area contributed by atoms with Gasteiger partial charge in [0, 0.05) is 20.6 Å². The Kier molecular flexibility index (Phi) is 5.56. The second kappa shape index (κ2) is 8.13. The van der Waals surface area contributed by atoms with Gasteiger partial charge in [0.05, 0.1) is 12.0 Å². The lowest BCUT2D eigenvalue weighted by Crippen LogP contribution is -1.99. The minimum absolute atomic E-state index is 0.660. The Morgan fingerprint density at radius 2 is 1.79 bits per heavy atom. The fourth-order valence-corrected chi connectivity index (χ4v) is 4.82. The highest BCUT2D eigenvalue weighted by molar-refractivity contribution is 9.10. The van der Waals surface area contributed by atoms with Crippen LogP contribution in [-0.4, -0.2) is 16.6 Å². The summed E-state index contributed by atoms with van der Waals surface area (Å²) < 4.78 is 6.66. The van der Waals surface area contributed by atoms with Crippen LogP contribution in [0.25, 0.3) is 21.3 Å². The Hall–Kier alpha value is -2.44. The van der Waals surface area contributed by atoms with E-state index < -0.39 is 0 Å². The van der Waals surface area contributed by atoms with Crippen LogP contribution in [-0.2, 0) is 0 Å². The van der Waals surface area contributed by atoms with E-state index in [0.29, 0.717) is 6.61 Å². The number of benzene rings is 2. The molecule has 1 N–H and O–H groups in total. The van der Waals surface area contributed by atoms with Gasteiger partial charge in [0.25, 0.3) is 0 Å². The third-order valence-electron chi connectivity index (χ3n) is 4.73. The summed E-state index contributed by atoms with van der Waals surface area (Å²) in [6.45, 7) is 8.80. The monoisotopic (exact) mass is 467 g/mol. The number of hydrogen-bond donors (Lipinski definition) is 1. The summed E-state index contributed by atoms with van der Waals surface area (Å²) >= 11 is 5.32. The molecule has 0 atom stereocenters. The van der Waals surface area contributed by atoms with E-state index >= 15 is 0 Å². The number of nitrogens with zero attached hydrogens (tertiary/aromatic N) is 2. The van der Waals surface area contributed by atoms with Crippen molar-refractivity contribution in [3.05, 3.63) is 63.2 Å². The summed E-state index contributed by atoms with van der Waals surface area (Å²) in [5.41, 5.74) is 4.49. The normalized spacial score (nSPS) is 11.1. The van der Waals surface area contributed by atoms with Crippen LogP contribution < -0.4 is 10.1 Å². The number of nitrogens with one attached hydrogen (secondary N) is 1. The Morgan fingerprint density at radius 3 is 2.48 bits per heavy atom. The lowest BCUT2D eigenvalue weighted by molar-refractivity contribution is 0.340. The molecule has 0 radical (unpaired) electrons. The fourth-order valence-electron chi connectivity index (χ4n) is 3.35. The van der Waals surface area contributed by atoms with Gasteiger partial charge >= 0.3 is 0 Å². The molecule has 0 saturated heterocycles. The van der Waals surface area contributed by atoms with E-state index in [1.54, 1.807) is 11.3 Å². The van der Waals surface area contributed by atoms with Gasteiger partial charge in [0.2, 0.25) is 0 Å². The number of halogens is 1. The average Bonchev–Trinajstić information content (AvgIpc) is 3.01. The van der Waals surface area contributed by atoms with E-state index in [1.165, 1.54) is 16.0 Å². The van der Waals surface area contributed by atoms with Gasteiger partial charge in [-0.25, -0.2) is 9.97 Å². The molecule has 4 aromatic rings. The van der Waals surface area contributed by atoms with Gasteiger partial charge in [0.15, 0.2) is 0 Å². The first-order valence-electron chi connectivity index (χ1n) is 9.50. The topological polar surface area (TPSA) is 47.0 Å². The fraction of sp³-hybridized carbons (Fsp3) is 0.217. The van der Waals surface area contributed by atoms with Crippen molar-refractivity contribution in [3.63, 3.8) is 0 Å². The minimum Gasteiger partial charge on any atom is -0.494 e. The van der Waals surface area contributed by atoms with Gasteiger partial charge in [0.1, 0.15) is 22.2 Å². The molecular formula is C23H22BrN3OS. The minimum atomic E-state index is 0.660. The zero-order chi connectivity index (χ0) is 20.5. The van der Waals surface area contributed by atoms with Crippen molar-refractivity contribution in [2.75, 3.05) is 11.9 Å². The highest BCUT2D eigenvalue weighted by atomic mass is 79.9. The van der Waals surface area contributed by atoms with Crippen LogP contribution in [0.3, 0.4) is 0 Å². The summed E-state index contributed by atoms with van der Waals surface area (Å²) in [5, 5.41) is 4.57. The van der Waals surface area contributed by atoms with Crippen LogP contribution in [0.2, 0.25) is 0 Å². The van der Waals surface area contributed by atoms with Crippen molar-refractivity contribution in [3.8, 4) is 16.9 Å². The van der Waals surface area contributed by atoms with E-state index in [2.05, 4.69) is 65.4 Å². The smallest absolute Gasteiger partial charge is 0.143 e. The summed E-state index contributed by atoms with van der Waals surface area (Å²) in [5.74, 6) is 2.46. The van der Waals surface area contributed by atoms with Crippen LogP contribution in [0.1, 0.15) is 23.2 Å². The van der Waals surface area contributed by atoms with Gasteiger partial charge in [-0.15, -0.1) is 11.3 Å². The maximum atomic E-state index is 5.60. The molecule has 6 heteroatoms. The van der Waals surface area contributed by atoms with Gasteiger partial charge in [-0.3, -0.25) is 0 Å². The Balaban J connectivity index is 1.85. The van der Waals surface area contributed by atoms with Crippen LogP contribution in [0.4, 0.5) is 11.5 Å². The van der Waals surface area contributed by atoms with E-state index in [1.807, 2.05) is 26.0 Å². The van der Waals surface area contributed by atoms with E-state index in [9.17, 15) is 0 Å². The predicted octanol–water partition coefficient (Wildman–Crippen LogP) is 7.19. The number of anilines is 2. The Bertz CT molecular complexity index is 1190. The molecular weight excluding hydrogens is 446 g/mol. The zero-order valence-electron chi connectivity index (χ0n) is 16.8. The molecule has 0 fully saturated rings. The number of hydrogen-bond acceptors (Lipinski definition) is 5. The standard InChI is InChI=1S/C23H22BrN3OS/c1-5-28-18-10-7-16(8-11-18)20-14(3)29-23-21(20)22(25-15(4)26-23)27-17-9-6-13(2)19(24)12-17/h6-12H,5H2,1-4H3,(H,25,26,27). The molecule has 0 aliphatic heterocycles. The third kappa shape index (κ3) is 4.00. The number of aromatic nitrogens is 2. The molecule has 0 spiro atoms. The molecule has 0 amide bonds. The van der Waals surface area contributed by atoms with Crippen LogP contribution in [0, 0.1) is 20.8 Å². The summed E-state index contributed by atoms with van der Waals surface area (Å²) in [4.78, 5) is 11.6. The highest BCUT2D eigenvalue weighted by Crippen LogP contribution is 2.42. The molecule has 29 heavy (non-hydrogen) atoms. The molecule has 2 aromatic carbocycles. The first-order chi connectivity index (χ1) is 14.0. The number of ether oxygens (including phenoxy) is 1.